The summed E-state index contributed by atoms with van der Waals surface area (Å²) < 4.78 is 0. The first-order chi connectivity index (χ1) is 11.1. The van der Waals surface area contributed by atoms with Crippen molar-refractivity contribution in [2.75, 3.05) is 18.0 Å². The number of aromatic nitrogens is 1. The highest BCUT2D eigenvalue weighted by molar-refractivity contribution is 5.85. The molecule has 2 rings (SSSR count). The lowest BCUT2D eigenvalue weighted by molar-refractivity contribution is -0.123. The van der Waals surface area contributed by atoms with Gasteiger partial charge in [-0.2, -0.15) is 0 Å². The summed E-state index contributed by atoms with van der Waals surface area (Å²) in [6, 6.07) is 3.66. The van der Waals surface area contributed by atoms with Crippen LogP contribution in [-0.2, 0) is 11.3 Å². The van der Waals surface area contributed by atoms with Gasteiger partial charge in [0.2, 0.25) is 5.91 Å². The number of carbonyl (C=O) groups excluding carboxylic acids is 1. The van der Waals surface area contributed by atoms with Crippen molar-refractivity contribution >= 4 is 24.1 Å². The molecule has 0 bridgehead atoms. The minimum Gasteiger partial charge on any atom is -0.357 e. The lowest BCUT2D eigenvalue weighted by Gasteiger charge is -2.21. The summed E-state index contributed by atoms with van der Waals surface area (Å²) >= 11 is 0. The van der Waals surface area contributed by atoms with Crippen LogP contribution in [0.2, 0.25) is 0 Å². The number of anilines is 1. The number of amides is 1. The summed E-state index contributed by atoms with van der Waals surface area (Å²) in [6.45, 7) is 6.71. The molecule has 1 aromatic rings. The summed E-state index contributed by atoms with van der Waals surface area (Å²) in [5, 5.41) is 2.91. The Bertz CT molecular complexity index is 486. The number of halogens is 1. The molecule has 2 atom stereocenters. The van der Waals surface area contributed by atoms with Crippen LogP contribution < -0.4 is 16.0 Å². The molecule has 0 aromatic carbocycles. The molecule has 0 spiro atoms. The Balaban J connectivity index is 0.00000288. The largest absolute Gasteiger partial charge is 0.357 e. The summed E-state index contributed by atoms with van der Waals surface area (Å²) in [7, 11) is 0. The highest BCUT2D eigenvalue weighted by Gasteiger charge is 2.19. The Kier molecular flexibility index (Phi) is 9.08. The van der Waals surface area contributed by atoms with Gasteiger partial charge >= 0.3 is 0 Å². The fourth-order valence-electron chi connectivity index (χ4n) is 2.83. The number of pyridine rings is 1. The van der Waals surface area contributed by atoms with Gasteiger partial charge in [-0.05, 0) is 30.4 Å². The van der Waals surface area contributed by atoms with Crippen LogP contribution in [0.15, 0.2) is 18.3 Å². The third-order valence-electron chi connectivity index (χ3n) is 4.77. The molecule has 2 unspecified atom stereocenters. The van der Waals surface area contributed by atoms with Gasteiger partial charge in [0.25, 0.3) is 0 Å². The summed E-state index contributed by atoms with van der Waals surface area (Å²) in [4.78, 5) is 18.9. The van der Waals surface area contributed by atoms with Crippen molar-refractivity contribution < 1.29 is 4.79 Å². The highest BCUT2D eigenvalue weighted by Crippen LogP contribution is 2.17. The molecule has 1 aliphatic rings. The second-order valence-corrected chi connectivity index (χ2v) is 6.56. The first-order valence-electron chi connectivity index (χ1n) is 8.85. The van der Waals surface area contributed by atoms with Crippen LogP contribution in [0.3, 0.4) is 0 Å². The van der Waals surface area contributed by atoms with Gasteiger partial charge in [-0.25, -0.2) is 4.98 Å². The van der Waals surface area contributed by atoms with Gasteiger partial charge in [0, 0.05) is 25.8 Å². The third kappa shape index (κ3) is 5.95. The molecule has 2 heterocycles. The van der Waals surface area contributed by atoms with Crippen molar-refractivity contribution in [2.24, 2.45) is 11.7 Å². The van der Waals surface area contributed by atoms with E-state index in [0.717, 1.165) is 30.9 Å². The Labute approximate surface area is 151 Å². The van der Waals surface area contributed by atoms with E-state index in [1.165, 1.54) is 25.7 Å². The molecule has 1 saturated heterocycles. The number of nitrogens with one attached hydrogen (secondary N) is 1. The van der Waals surface area contributed by atoms with Gasteiger partial charge in [-0.15, -0.1) is 12.4 Å². The minimum absolute atomic E-state index is 0. The van der Waals surface area contributed by atoms with Gasteiger partial charge in [0.15, 0.2) is 0 Å². The van der Waals surface area contributed by atoms with Crippen LogP contribution in [0.25, 0.3) is 0 Å². The molecule has 6 heteroatoms. The van der Waals surface area contributed by atoms with Crippen molar-refractivity contribution in [3.63, 3.8) is 0 Å². The summed E-state index contributed by atoms with van der Waals surface area (Å²) in [5.74, 6) is 1.15. The van der Waals surface area contributed by atoms with E-state index in [2.05, 4.69) is 21.3 Å². The minimum atomic E-state index is -0.440. The molecule has 0 saturated carbocycles. The zero-order valence-corrected chi connectivity index (χ0v) is 15.6. The molecule has 3 N–H and O–H groups in total. The standard InChI is InChI=1S/C18H30N4O.ClH/c1-3-14(2)17(19)18(23)21-13-15-8-9-16(20-12-15)22-10-6-4-5-7-11-22;/h8-9,12,14,17H,3-7,10-11,13,19H2,1-2H3,(H,21,23);1H. The quantitative estimate of drug-likeness (QED) is 0.824. The van der Waals surface area contributed by atoms with Gasteiger partial charge in [-0.1, -0.05) is 39.2 Å². The van der Waals surface area contributed by atoms with Gasteiger partial charge < -0.3 is 16.0 Å². The van der Waals surface area contributed by atoms with E-state index in [0.29, 0.717) is 6.54 Å². The maximum Gasteiger partial charge on any atom is 0.237 e. The zero-order valence-electron chi connectivity index (χ0n) is 14.8. The number of rotatable bonds is 6. The topological polar surface area (TPSA) is 71.2 Å². The van der Waals surface area contributed by atoms with E-state index in [4.69, 9.17) is 5.73 Å². The first-order valence-corrected chi connectivity index (χ1v) is 8.85. The molecule has 0 radical (unpaired) electrons. The number of hydrogen-bond donors (Lipinski definition) is 2. The van der Waals surface area contributed by atoms with Gasteiger partial charge in [-0.3, -0.25) is 4.79 Å². The molecule has 1 aliphatic heterocycles. The molecule has 1 aromatic heterocycles. The van der Waals surface area contributed by atoms with E-state index in [-0.39, 0.29) is 24.2 Å². The van der Waals surface area contributed by atoms with Gasteiger partial charge in [0.05, 0.1) is 6.04 Å². The van der Waals surface area contributed by atoms with E-state index in [1.54, 1.807) is 0 Å². The maximum absolute atomic E-state index is 12.0. The van der Waals surface area contributed by atoms with Crippen LogP contribution in [0, 0.1) is 5.92 Å². The average Bonchev–Trinajstić information content (AvgIpc) is 2.88. The van der Waals surface area contributed by atoms with E-state index >= 15 is 0 Å². The Hall–Kier alpha value is -1.33. The Morgan fingerprint density at radius 2 is 1.96 bits per heavy atom. The van der Waals surface area contributed by atoms with Crippen molar-refractivity contribution in [3.8, 4) is 0 Å². The van der Waals surface area contributed by atoms with E-state index in [1.807, 2.05) is 26.1 Å². The van der Waals surface area contributed by atoms with Crippen molar-refractivity contribution in [1.29, 1.82) is 0 Å². The molecular weight excluding hydrogens is 324 g/mol. The lowest BCUT2D eigenvalue weighted by Crippen LogP contribution is -2.44. The predicted molar refractivity (Wildman–Crippen MR) is 101 cm³/mol. The van der Waals surface area contributed by atoms with Crippen LogP contribution in [0.5, 0.6) is 0 Å². The van der Waals surface area contributed by atoms with Crippen molar-refractivity contribution in [1.82, 2.24) is 10.3 Å². The van der Waals surface area contributed by atoms with Crippen molar-refractivity contribution in [2.45, 2.75) is 58.5 Å². The molecule has 1 amide bonds. The number of hydrogen-bond acceptors (Lipinski definition) is 4. The monoisotopic (exact) mass is 354 g/mol. The second kappa shape index (κ2) is 10.5. The fraction of sp³-hybridized carbons (Fsp3) is 0.667. The van der Waals surface area contributed by atoms with Crippen LogP contribution in [0.4, 0.5) is 5.82 Å². The number of nitrogens with zero attached hydrogens (tertiary/aromatic N) is 2. The van der Waals surface area contributed by atoms with Crippen LogP contribution >= 0.6 is 12.4 Å². The zero-order chi connectivity index (χ0) is 16.7. The second-order valence-electron chi connectivity index (χ2n) is 6.56. The normalized spacial score (nSPS) is 17.4. The first kappa shape index (κ1) is 20.7. The predicted octanol–water partition coefficient (Wildman–Crippen LogP) is 2.87. The lowest BCUT2D eigenvalue weighted by atomic mass is 9.99. The van der Waals surface area contributed by atoms with Gasteiger partial charge in [0.1, 0.15) is 5.82 Å². The molecule has 136 valence electrons. The fourth-order valence-corrected chi connectivity index (χ4v) is 2.83. The number of carbonyl (C=O) groups is 1. The smallest absolute Gasteiger partial charge is 0.237 e. The van der Waals surface area contributed by atoms with E-state index in [9.17, 15) is 4.79 Å². The molecule has 24 heavy (non-hydrogen) atoms. The number of nitrogens with two attached hydrogens (primary N) is 1. The third-order valence-corrected chi connectivity index (χ3v) is 4.77. The SMILES string of the molecule is CCC(C)C(N)C(=O)NCc1ccc(N2CCCCCC2)nc1.Cl. The molecule has 0 aliphatic carbocycles. The average molecular weight is 355 g/mol. The molecule has 5 nitrogen and oxygen atoms in total. The molecule has 1 fully saturated rings. The Morgan fingerprint density at radius 3 is 2.50 bits per heavy atom. The van der Waals surface area contributed by atoms with Crippen LogP contribution in [0.1, 0.15) is 51.5 Å². The maximum atomic E-state index is 12.0. The van der Waals surface area contributed by atoms with E-state index < -0.39 is 6.04 Å². The highest BCUT2D eigenvalue weighted by atomic mass is 35.5. The Morgan fingerprint density at radius 1 is 1.29 bits per heavy atom. The summed E-state index contributed by atoms with van der Waals surface area (Å²) in [5.41, 5.74) is 6.95. The molecular formula is C18H31ClN4O. The van der Waals surface area contributed by atoms with Crippen LogP contribution in [-0.4, -0.2) is 30.0 Å². The summed E-state index contributed by atoms with van der Waals surface area (Å²) in [6.07, 6.45) is 7.88. The van der Waals surface area contributed by atoms with Crippen molar-refractivity contribution in [3.05, 3.63) is 23.9 Å².